The van der Waals surface area contributed by atoms with E-state index in [1.165, 1.54) is 19.1 Å². The van der Waals surface area contributed by atoms with Gasteiger partial charge in [-0.05, 0) is 37.3 Å². The van der Waals surface area contributed by atoms with E-state index in [9.17, 15) is 26.7 Å². The maximum atomic E-state index is 12.9. The number of anilines is 1. The van der Waals surface area contributed by atoms with Gasteiger partial charge in [0, 0.05) is 0 Å². The summed E-state index contributed by atoms with van der Waals surface area (Å²) in [5, 5.41) is 9.29. The van der Waals surface area contributed by atoms with E-state index in [0.717, 1.165) is 10.4 Å². The second kappa shape index (κ2) is 7.23. The molecular formula is C16H15ClF3NO3S. The van der Waals surface area contributed by atoms with Gasteiger partial charge in [-0.3, -0.25) is 4.31 Å². The van der Waals surface area contributed by atoms with Crippen LogP contribution in [0.2, 0.25) is 5.02 Å². The molecule has 0 spiro atoms. The molecule has 0 aliphatic carbocycles. The van der Waals surface area contributed by atoms with Gasteiger partial charge < -0.3 is 5.11 Å². The lowest BCUT2D eigenvalue weighted by Crippen LogP contribution is -2.37. The number of para-hydroxylation sites is 1. The average molecular weight is 394 g/mol. The number of nitrogens with zero attached hydrogens (tertiary/aromatic N) is 1. The van der Waals surface area contributed by atoms with Crippen molar-refractivity contribution >= 4 is 27.3 Å². The Balaban J connectivity index is 2.61. The Morgan fingerprint density at radius 3 is 2.28 bits per heavy atom. The minimum absolute atomic E-state index is 0.205. The number of halogens is 4. The minimum atomic E-state index is -4.71. The molecular weight excluding hydrogens is 379 g/mol. The Bertz CT molecular complexity index is 839. The summed E-state index contributed by atoms with van der Waals surface area (Å²) in [5.41, 5.74) is -0.919. The molecule has 0 fully saturated rings. The molecule has 136 valence electrons. The van der Waals surface area contributed by atoms with Gasteiger partial charge in [0.1, 0.15) is 4.90 Å². The monoisotopic (exact) mass is 393 g/mol. The van der Waals surface area contributed by atoms with Gasteiger partial charge in [0.15, 0.2) is 0 Å². The first-order chi connectivity index (χ1) is 11.5. The topological polar surface area (TPSA) is 57.6 Å². The molecule has 0 bridgehead atoms. The highest BCUT2D eigenvalue weighted by molar-refractivity contribution is 7.93. The van der Waals surface area contributed by atoms with Crippen LogP contribution in [0.1, 0.15) is 12.5 Å². The molecule has 0 aliphatic heterocycles. The van der Waals surface area contributed by atoms with Gasteiger partial charge in [-0.2, -0.15) is 13.2 Å². The highest BCUT2D eigenvalue weighted by Gasteiger charge is 2.34. The molecule has 0 aliphatic rings. The standard InChI is InChI=1S/C16H15ClF3NO3S/c1-11(22)10-21(13-5-3-2-4-6-13)25(23,24)15-9-12(16(18,19)20)7-8-14(15)17/h2-9,11,22H,10H2,1H3/t11-/m0/s1. The zero-order valence-electron chi connectivity index (χ0n) is 13.0. The SMILES string of the molecule is C[C@H](O)CN(c1ccccc1)S(=O)(=O)c1cc(C(F)(F)F)ccc1Cl. The Morgan fingerprint density at radius 2 is 1.76 bits per heavy atom. The van der Waals surface area contributed by atoms with Crippen LogP contribution in [0, 0.1) is 0 Å². The number of aliphatic hydroxyl groups excluding tert-OH is 1. The van der Waals surface area contributed by atoms with Gasteiger partial charge in [-0.15, -0.1) is 0 Å². The van der Waals surface area contributed by atoms with Gasteiger partial charge in [0.05, 0.1) is 28.9 Å². The fraction of sp³-hybridized carbons (Fsp3) is 0.250. The summed E-state index contributed by atoms with van der Waals surface area (Å²) in [4.78, 5) is -0.673. The third-order valence-corrected chi connectivity index (χ3v) is 5.58. The zero-order valence-corrected chi connectivity index (χ0v) is 14.6. The van der Waals surface area contributed by atoms with E-state index in [-0.39, 0.29) is 17.3 Å². The summed E-state index contributed by atoms with van der Waals surface area (Å²) in [6.45, 7) is 1.04. The maximum Gasteiger partial charge on any atom is 0.416 e. The molecule has 4 nitrogen and oxygen atoms in total. The van der Waals surface area contributed by atoms with Crippen molar-refractivity contribution in [3.05, 3.63) is 59.1 Å². The van der Waals surface area contributed by atoms with Gasteiger partial charge in [-0.1, -0.05) is 29.8 Å². The molecule has 1 atom stereocenters. The first kappa shape index (κ1) is 19.6. The van der Waals surface area contributed by atoms with Crippen molar-refractivity contribution < 1.29 is 26.7 Å². The highest BCUT2D eigenvalue weighted by atomic mass is 35.5. The van der Waals surface area contributed by atoms with Crippen molar-refractivity contribution in [1.82, 2.24) is 0 Å². The Labute approximate surface area is 148 Å². The molecule has 2 aromatic carbocycles. The van der Waals surface area contributed by atoms with Crippen molar-refractivity contribution in [3.8, 4) is 0 Å². The predicted octanol–water partition coefficient (Wildman–Crippen LogP) is 3.93. The normalized spacial score (nSPS) is 13.5. The fourth-order valence-corrected chi connectivity index (χ4v) is 4.22. The van der Waals surface area contributed by atoms with E-state index in [1.54, 1.807) is 18.2 Å². The molecule has 1 N–H and O–H groups in total. The first-order valence-corrected chi connectivity index (χ1v) is 8.98. The third kappa shape index (κ3) is 4.45. The minimum Gasteiger partial charge on any atom is -0.392 e. The molecule has 0 aromatic heterocycles. The van der Waals surface area contributed by atoms with Crippen molar-refractivity contribution in [2.75, 3.05) is 10.8 Å². The van der Waals surface area contributed by atoms with E-state index in [0.29, 0.717) is 12.1 Å². The molecule has 0 saturated carbocycles. The predicted molar refractivity (Wildman–Crippen MR) is 89.1 cm³/mol. The molecule has 25 heavy (non-hydrogen) atoms. The summed E-state index contributed by atoms with van der Waals surface area (Å²) in [7, 11) is -4.42. The van der Waals surface area contributed by atoms with Gasteiger partial charge in [-0.25, -0.2) is 8.42 Å². The summed E-state index contributed by atoms with van der Waals surface area (Å²) < 4.78 is 65.5. The maximum absolute atomic E-state index is 12.9. The number of hydrogen-bond donors (Lipinski definition) is 1. The van der Waals surface area contributed by atoms with Crippen molar-refractivity contribution in [2.45, 2.75) is 24.1 Å². The lowest BCUT2D eigenvalue weighted by molar-refractivity contribution is -0.137. The molecule has 0 saturated heterocycles. The quantitative estimate of drug-likeness (QED) is 0.837. The van der Waals surface area contributed by atoms with Crippen LogP contribution in [0.15, 0.2) is 53.4 Å². The molecule has 0 unspecified atom stereocenters. The largest absolute Gasteiger partial charge is 0.416 e. The molecule has 2 rings (SSSR count). The fourth-order valence-electron chi connectivity index (χ4n) is 2.17. The summed E-state index contributed by atoms with van der Waals surface area (Å²) in [6.07, 6.45) is -5.75. The smallest absolute Gasteiger partial charge is 0.392 e. The lowest BCUT2D eigenvalue weighted by atomic mass is 10.2. The van der Waals surface area contributed by atoms with Gasteiger partial charge in [0.2, 0.25) is 0 Å². The molecule has 0 heterocycles. The lowest BCUT2D eigenvalue weighted by Gasteiger charge is -2.26. The van der Waals surface area contributed by atoms with Crippen LogP contribution in [0.3, 0.4) is 0 Å². The van der Waals surface area contributed by atoms with Crippen LogP contribution in [-0.4, -0.2) is 26.2 Å². The zero-order chi connectivity index (χ0) is 18.8. The van der Waals surface area contributed by atoms with Crippen molar-refractivity contribution in [2.24, 2.45) is 0 Å². The van der Waals surface area contributed by atoms with Crippen LogP contribution in [0.5, 0.6) is 0 Å². The average Bonchev–Trinajstić information content (AvgIpc) is 2.52. The summed E-state index contributed by atoms with van der Waals surface area (Å²) in [6, 6.07) is 9.86. The van der Waals surface area contributed by atoms with E-state index >= 15 is 0 Å². The highest BCUT2D eigenvalue weighted by Crippen LogP contribution is 2.35. The Hall–Kier alpha value is -1.77. The van der Waals surface area contributed by atoms with Gasteiger partial charge in [0.25, 0.3) is 10.0 Å². The van der Waals surface area contributed by atoms with E-state index in [4.69, 9.17) is 11.6 Å². The van der Waals surface area contributed by atoms with Crippen LogP contribution >= 0.6 is 11.6 Å². The van der Waals surface area contributed by atoms with Crippen molar-refractivity contribution in [1.29, 1.82) is 0 Å². The summed E-state index contributed by atoms with van der Waals surface area (Å²) >= 11 is 5.86. The Morgan fingerprint density at radius 1 is 1.16 bits per heavy atom. The number of sulfonamides is 1. The Kier molecular flexibility index (Phi) is 5.65. The van der Waals surface area contributed by atoms with Crippen LogP contribution in [0.25, 0.3) is 0 Å². The molecule has 0 radical (unpaired) electrons. The molecule has 2 aromatic rings. The van der Waals surface area contributed by atoms with E-state index < -0.39 is 32.8 Å². The number of benzene rings is 2. The third-order valence-electron chi connectivity index (χ3n) is 3.30. The second-order valence-corrected chi connectivity index (χ2v) is 7.60. The summed E-state index contributed by atoms with van der Waals surface area (Å²) in [5.74, 6) is 0. The van der Waals surface area contributed by atoms with Crippen LogP contribution < -0.4 is 4.31 Å². The van der Waals surface area contributed by atoms with E-state index in [1.807, 2.05) is 0 Å². The first-order valence-electron chi connectivity index (χ1n) is 7.16. The van der Waals surface area contributed by atoms with Crippen LogP contribution in [0.4, 0.5) is 18.9 Å². The van der Waals surface area contributed by atoms with Crippen molar-refractivity contribution in [3.63, 3.8) is 0 Å². The number of alkyl halides is 3. The number of aliphatic hydroxyl groups is 1. The molecule has 9 heteroatoms. The number of rotatable bonds is 5. The van der Waals surface area contributed by atoms with Gasteiger partial charge >= 0.3 is 6.18 Å². The second-order valence-electron chi connectivity index (χ2n) is 5.36. The van der Waals surface area contributed by atoms with Crippen LogP contribution in [-0.2, 0) is 16.2 Å². The molecule has 0 amide bonds. The number of hydrogen-bond acceptors (Lipinski definition) is 3. The van der Waals surface area contributed by atoms with E-state index in [2.05, 4.69) is 0 Å².